The highest BCUT2D eigenvalue weighted by atomic mass is 32.2. The van der Waals surface area contributed by atoms with E-state index in [1.165, 1.54) is 29.8 Å². The van der Waals surface area contributed by atoms with E-state index < -0.39 is 15.8 Å². The van der Waals surface area contributed by atoms with Crippen molar-refractivity contribution in [3.63, 3.8) is 0 Å². The summed E-state index contributed by atoms with van der Waals surface area (Å²) >= 11 is 0. The van der Waals surface area contributed by atoms with Gasteiger partial charge in [-0.05, 0) is 36.2 Å². The average Bonchev–Trinajstić information content (AvgIpc) is 2.81. The molecule has 0 amide bonds. The van der Waals surface area contributed by atoms with Crippen LogP contribution in [0.4, 0.5) is 0 Å². The second kappa shape index (κ2) is 5.68. The maximum absolute atomic E-state index is 12.4. The van der Waals surface area contributed by atoms with Gasteiger partial charge in [0.05, 0.1) is 10.4 Å². The van der Waals surface area contributed by atoms with Gasteiger partial charge in [0.15, 0.2) is 5.58 Å². The lowest BCUT2D eigenvalue weighted by atomic mass is 10.1. The molecule has 7 heteroatoms. The Morgan fingerprint density at radius 1 is 1.17 bits per heavy atom. The molecule has 0 saturated heterocycles. The van der Waals surface area contributed by atoms with Crippen LogP contribution in [0.25, 0.3) is 11.1 Å². The van der Waals surface area contributed by atoms with Gasteiger partial charge in [0.25, 0.3) is 0 Å². The number of rotatable bonds is 4. The molecule has 0 atom stereocenters. The second-order valence-corrected chi connectivity index (χ2v) is 7.07. The van der Waals surface area contributed by atoms with Crippen LogP contribution in [0.15, 0.2) is 56.6 Å². The van der Waals surface area contributed by atoms with E-state index in [-0.39, 0.29) is 11.4 Å². The van der Waals surface area contributed by atoms with Crippen molar-refractivity contribution < 1.29 is 12.8 Å². The molecule has 0 unspecified atom stereocenters. The summed E-state index contributed by atoms with van der Waals surface area (Å²) in [6.07, 6.45) is 0. The maximum atomic E-state index is 12.4. The zero-order valence-corrected chi connectivity index (χ0v) is 13.6. The molecule has 0 aliphatic heterocycles. The molecule has 1 heterocycles. The zero-order valence-electron chi connectivity index (χ0n) is 12.7. The average molecular weight is 332 g/mol. The van der Waals surface area contributed by atoms with Crippen LogP contribution in [0.5, 0.6) is 0 Å². The van der Waals surface area contributed by atoms with Gasteiger partial charge in [-0.15, -0.1) is 0 Å². The fourth-order valence-corrected chi connectivity index (χ4v) is 3.36. The molecule has 1 N–H and O–H groups in total. The van der Waals surface area contributed by atoms with E-state index in [4.69, 9.17) is 4.42 Å². The van der Waals surface area contributed by atoms with Crippen molar-refractivity contribution in [1.29, 1.82) is 0 Å². The van der Waals surface area contributed by atoms with Gasteiger partial charge in [-0.3, -0.25) is 4.57 Å². The third kappa shape index (κ3) is 2.93. The molecule has 0 aliphatic rings. The third-order valence-corrected chi connectivity index (χ3v) is 5.19. The summed E-state index contributed by atoms with van der Waals surface area (Å²) in [7, 11) is -2.15. The van der Waals surface area contributed by atoms with E-state index in [9.17, 15) is 13.2 Å². The fraction of sp³-hybridized carbons (Fsp3) is 0.188. The number of nitrogens with one attached hydrogen (secondary N) is 1. The second-order valence-electron chi connectivity index (χ2n) is 5.31. The van der Waals surface area contributed by atoms with Gasteiger partial charge in [-0.2, -0.15) is 0 Å². The quantitative estimate of drug-likeness (QED) is 0.791. The molecule has 120 valence electrons. The Morgan fingerprint density at radius 2 is 1.91 bits per heavy atom. The molecule has 3 aromatic rings. The number of aromatic nitrogens is 1. The van der Waals surface area contributed by atoms with Crippen LogP contribution < -0.4 is 10.5 Å². The molecule has 0 aliphatic carbocycles. The molecule has 23 heavy (non-hydrogen) atoms. The van der Waals surface area contributed by atoms with Crippen LogP contribution in [0.3, 0.4) is 0 Å². The van der Waals surface area contributed by atoms with Gasteiger partial charge in [0.1, 0.15) is 0 Å². The van der Waals surface area contributed by atoms with E-state index in [0.29, 0.717) is 11.1 Å². The number of hydrogen-bond acceptors (Lipinski definition) is 4. The summed E-state index contributed by atoms with van der Waals surface area (Å²) in [5.41, 5.74) is 2.72. The van der Waals surface area contributed by atoms with Crippen molar-refractivity contribution in [3.8, 4) is 0 Å². The number of sulfonamides is 1. The van der Waals surface area contributed by atoms with Crippen molar-refractivity contribution in [2.75, 3.05) is 0 Å². The minimum Gasteiger partial charge on any atom is -0.408 e. The zero-order chi connectivity index (χ0) is 16.6. The smallest absolute Gasteiger partial charge is 0.408 e. The maximum Gasteiger partial charge on any atom is 0.419 e. The van der Waals surface area contributed by atoms with E-state index >= 15 is 0 Å². The monoisotopic (exact) mass is 332 g/mol. The van der Waals surface area contributed by atoms with Crippen molar-refractivity contribution in [2.45, 2.75) is 18.4 Å². The molecule has 0 fully saturated rings. The molecule has 0 radical (unpaired) electrons. The Balaban J connectivity index is 1.92. The Kier molecular flexibility index (Phi) is 3.83. The molecule has 0 spiro atoms. The minimum atomic E-state index is -3.68. The normalized spacial score (nSPS) is 11.9. The summed E-state index contributed by atoms with van der Waals surface area (Å²) < 4.78 is 33.8. The number of oxazole rings is 1. The van der Waals surface area contributed by atoms with Crippen LogP contribution in [-0.4, -0.2) is 13.0 Å². The molecular weight excluding hydrogens is 316 g/mol. The number of aryl methyl sites for hydroxylation is 2. The van der Waals surface area contributed by atoms with E-state index in [0.717, 1.165) is 11.1 Å². The van der Waals surface area contributed by atoms with Crippen LogP contribution in [0, 0.1) is 6.92 Å². The Hall–Kier alpha value is -2.38. The van der Waals surface area contributed by atoms with Gasteiger partial charge < -0.3 is 4.42 Å². The highest BCUT2D eigenvalue weighted by molar-refractivity contribution is 7.89. The fourth-order valence-electron chi connectivity index (χ4n) is 2.34. The van der Waals surface area contributed by atoms with Crippen molar-refractivity contribution >= 4 is 21.1 Å². The molecule has 6 nitrogen and oxygen atoms in total. The summed E-state index contributed by atoms with van der Waals surface area (Å²) in [6, 6.07) is 11.9. The van der Waals surface area contributed by atoms with Crippen LogP contribution >= 0.6 is 0 Å². The first-order valence-corrected chi connectivity index (χ1v) is 8.50. The Morgan fingerprint density at radius 3 is 2.65 bits per heavy atom. The van der Waals surface area contributed by atoms with Crippen molar-refractivity contribution in [2.24, 2.45) is 7.05 Å². The topological polar surface area (TPSA) is 81.3 Å². The van der Waals surface area contributed by atoms with Crippen molar-refractivity contribution in [3.05, 3.63) is 64.1 Å². The summed E-state index contributed by atoms with van der Waals surface area (Å²) in [5.74, 6) is -0.526. The first kappa shape index (κ1) is 15.5. The lowest BCUT2D eigenvalue weighted by Crippen LogP contribution is -2.23. The number of benzene rings is 2. The standard InChI is InChI=1S/C16H16N2O4S/c1-11-5-3-4-6-12(11)10-17-23(20,21)13-7-8-15-14(9-13)18(2)16(19)22-15/h3-9,17H,10H2,1-2H3. The third-order valence-electron chi connectivity index (χ3n) is 3.79. The lowest BCUT2D eigenvalue weighted by molar-refractivity contribution is 0.528. The SMILES string of the molecule is Cc1ccccc1CNS(=O)(=O)c1ccc2oc(=O)n(C)c2c1. The van der Waals surface area contributed by atoms with E-state index in [1.807, 2.05) is 31.2 Å². The van der Waals surface area contributed by atoms with Gasteiger partial charge in [-0.25, -0.2) is 17.9 Å². The van der Waals surface area contributed by atoms with Gasteiger partial charge in [0.2, 0.25) is 10.0 Å². The number of hydrogen-bond donors (Lipinski definition) is 1. The molecule has 0 bridgehead atoms. The summed E-state index contributed by atoms with van der Waals surface area (Å²) in [4.78, 5) is 11.6. The van der Waals surface area contributed by atoms with E-state index in [2.05, 4.69) is 4.72 Å². The van der Waals surface area contributed by atoms with Crippen LogP contribution in [0.1, 0.15) is 11.1 Å². The lowest BCUT2D eigenvalue weighted by Gasteiger charge is -2.09. The first-order valence-electron chi connectivity index (χ1n) is 7.02. The predicted molar refractivity (Wildman–Crippen MR) is 86.7 cm³/mol. The molecule has 2 aromatic carbocycles. The van der Waals surface area contributed by atoms with Crippen LogP contribution in [-0.2, 0) is 23.6 Å². The minimum absolute atomic E-state index is 0.0926. The van der Waals surface area contributed by atoms with Crippen LogP contribution in [0.2, 0.25) is 0 Å². The highest BCUT2D eigenvalue weighted by Gasteiger charge is 2.17. The molecule has 1 aromatic heterocycles. The predicted octanol–water partition coefficient (Wildman–Crippen LogP) is 1.92. The highest BCUT2D eigenvalue weighted by Crippen LogP contribution is 2.18. The Bertz CT molecular complexity index is 1030. The van der Waals surface area contributed by atoms with Gasteiger partial charge in [0, 0.05) is 13.6 Å². The largest absolute Gasteiger partial charge is 0.419 e. The first-order chi connectivity index (χ1) is 10.9. The molecule has 3 rings (SSSR count). The van der Waals surface area contributed by atoms with E-state index in [1.54, 1.807) is 0 Å². The van der Waals surface area contributed by atoms with Gasteiger partial charge >= 0.3 is 5.76 Å². The Labute approximate surface area is 133 Å². The number of nitrogens with zero attached hydrogens (tertiary/aromatic N) is 1. The summed E-state index contributed by atoms with van der Waals surface area (Å²) in [5, 5.41) is 0. The molecular formula is C16H16N2O4S. The molecule has 0 saturated carbocycles. The summed E-state index contributed by atoms with van der Waals surface area (Å²) in [6.45, 7) is 2.13. The van der Waals surface area contributed by atoms with Gasteiger partial charge in [-0.1, -0.05) is 24.3 Å². The van der Waals surface area contributed by atoms with Crippen molar-refractivity contribution in [1.82, 2.24) is 9.29 Å². The number of fused-ring (bicyclic) bond motifs is 1.